The molecule has 0 saturated heterocycles. The topological polar surface area (TPSA) is 37.3 Å². The third kappa shape index (κ3) is 2.96. The Kier molecular flexibility index (Phi) is 3.91. The van der Waals surface area contributed by atoms with Crippen LogP contribution >= 0.6 is 11.6 Å². The SMILES string of the molecule is CC(Cc1ccccc1)(C(=O)O)c1cccc(Cl)c1. The van der Waals surface area contributed by atoms with Crippen LogP contribution in [0.2, 0.25) is 5.02 Å². The van der Waals surface area contributed by atoms with Crippen molar-refractivity contribution in [1.29, 1.82) is 0 Å². The van der Waals surface area contributed by atoms with E-state index in [9.17, 15) is 9.90 Å². The van der Waals surface area contributed by atoms with Crippen LogP contribution in [0.4, 0.5) is 0 Å². The molecule has 0 bridgehead atoms. The average molecular weight is 275 g/mol. The van der Waals surface area contributed by atoms with Gasteiger partial charge in [-0.3, -0.25) is 4.79 Å². The Morgan fingerprint density at radius 3 is 2.42 bits per heavy atom. The molecule has 0 amide bonds. The molecule has 0 saturated carbocycles. The highest BCUT2D eigenvalue weighted by molar-refractivity contribution is 6.30. The molecule has 1 atom stereocenters. The van der Waals surface area contributed by atoms with Gasteiger partial charge in [0, 0.05) is 5.02 Å². The van der Waals surface area contributed by atoms with E-state index in [1.54, 1.807) is 25.1 Å². The van der Waals surface area contributed by atoms with Gasteiger partial charge in [-0.15, -0.1) is 0 Å². The normalized spacial score (nSPS) is 13.8. The van der Waals surface area contributed by atoms with Crippen molar-refractivity contribution >= 4 is 17.6 Å². The Balaban J connectivity index is 2.41. The molecule has 1 N–H and O–H groups in total. The van der Waals surface area contributed by atoms with Gasteiger partial charge in [0.2, 0.25) is 0 Å². The van der Waals surface area contributed by atoms with Crippen LogP contribution in [0.1, 0.15) is 18.1 Å². The molecule has 0 spiro atoms. The number of rotatable bonds is 4. The Morgan fingerprint density at radius 1 is 1.16 bits per heavy atom. The van der Waals surface area contributed by atoms with Crippen molar-refractivity contribution in [2.45, 2.75) is 18.8 Å². The highest BCUT2D eigenvalue weighted by Gasteiger charge is 2.35. The molecule has 1 unspecified atom stereocenters. The maximum atomic E-state index is 11.7. The fourth-order valence-corrected chi connectivity index (χ4v) is 2.33. The molecule has 0 aliphatic heterocycles. The first-order chi connectivity index (χ1) is 9.02. The molecule has 0 aliphatic rings. The van der Waals surface area contributed by atoms with Gasteiger partial charge < -0.3 is 5.11 Å². The Bertz CT molecular complexity index is 580. The highest BCUT2D eigenvalue weighted by atomic mass is 35.5. The summed E-state index contributed by atoms with van der Waals surface area (Å²) in [6.45, 7) is 1.73. The van der Waals surface area contributed by atoms with Gasteiger partial charge in [0.25, 0.3) is 0 Å². The van der Waals surface area contributed by atoms with Crippen LogP contribution in [0, 0.1) is 0 Å². The fraction of sp³-hybridized carbons (Fsp3) is 0.188. The van der Waals surface area contributed by atoms with E-state index in [0.29, 0.717) is 11.4 Å². The molecule has 98 valence electrons. The van der Waals surface area contributed by atoms with Gasteiger partial charge in [-0.1, -0.05) is 54.1 Å². The predicted molar refractivity (Wildman–Crippen MR) is 76.6 cm³/mol. The van der Waals surface area contributed by atoms with E-state index in [1.165, 1.54) is 0 Å². The summed E-state index contributed by atoms with van der Waals surface area (Å²) < 4.78 is 0. The largest absolute Gasteiger partial charge is 0.481 e. The number of halogens is 1. The summed E-state index contributed by atoms with van der Waals surface area (Å²) in [4.78, 5) is 11.7. The molecule has 0 aliphatic carbocycles. The molecule has 0 fully saturated rings. The molecular formula is C16H15ClO2. The standard InChI is InChI=1S/C16H15ClO2/c1-16(15(18)19,11-12-6-3-2-4-7-12)13-8-5-9-14(17)10-13/h2-10H,11H2,1H3,(H,18,19). The summed E-state index contributed by atoms with van der Waals surface area (Å²) in [5.41, 5.74) is 0.732. The molecule has 0 radical (unpaired) electrons. The zero-order chi connectivity index (χ0) is 13.9. The van der Waals surface area contributed by atoms with Crippen LogP contribution < -0.4 is 0 Å². The van der Waals surface area contributed by atoms with Gasteiger partial charge >= 0.3 is 5.97 Å². The minimum Gasteiger partial charge on any atom is -0.481 e. The second kappa shape index (κ2) is 5.45. The fourth-order valence-electron chi connectivity index (χ4n) is 2.14. The lowest BCUT2D eigenvalue weighted by atomic mass is 9.77. The third-order valence-electron chi connectivity index (χ3n) is 3.33. The molecule has 0 aromatic heterocycles. The van der Waals surface area contributed by atoms with E-state index in [1.807, 2.05) is 36.4 Å². The van der Waals surface area contributed by atoms with Gasteiger partial charge in [-0.05, 0) is 36.6 Å². The van der Waals surface area contributed by atoms with E-state index in [4.69, 9.17) is 11.6 Å². The van der Waals surface area contributed by atoms with Crippen molar-refractivity contribution in [2.24, 2.45) is 0 Å². The van der Waals surface area contributed by atoms with Crippen molar-refractivity contribution < 1.29 is 9.90 Å². The number of carboxylic acid groups (broad SMARTS) is 1. The van der Waals surface area contributed by atoms with Gasteiger partial charge in [0.15, 0.2) is 0 Å². The molecule has 3 heteroatoms. The molecule has 2 nitrogen and oxygen atoms in total. The quantitative estimate of drug-likeness (QED) is 0.917. The summed E-state index contributed by atoms with van der Waals surface area (Å²) in [5, 5.41) is 10.1. The maximum absolute atomic E-state index is 11.7. The van der Waals surface area contributed by atoms with Gasteiger partial charge in [-0.25, -0.2) is 0 Å². The Morgan fingerprint density at radius 2 is 1.84 bits per heavy atom. The van der Waals surface area contributed by atoms with Crippen molar-refractivity contribution in [1.82, 2.24) is 0 Å². The second-order valence-electron chi connectivity index (χ2n) is 4.81. The smallest absolute Gasteiger partial charge is 0.314 e. The molecule has 19 heavy (non-hydrogen) atoms. The zero-order valence-electron chi connectivity index (χ0n) is 10.6. The van der Waals surface area contributed by atoms with Gasteiger partial charge in [-0.2, -0.15) is 0 Å². The van der Waals surface area contributed by atoms with Gasteiger partial charge in [0.05, 0.1) is 5.41 Å². The maximum Gasteiger partial charge on any atom is 0.314 e. The Labute approximate surface area is 117 Å². The van der Waals surface area contributed by atoms with Crippen LogP contribution in [-0.4, -0.2) is 11.1 Å². The lowest BCUT2D eigenvalue weighted by Gasteiger charge is -2.25. The highest BCUT2D eigenvalue weighted by Crippen LogP contribution is 2.30. The summed E-state index contributed by atoms with van der Waals surface area (Å²) in [6, 6.07) is 16.7. The number of carboxylic acids is 1. The lowest BCUT2D eigenvalue weighted by Crippen LogP contribution is -2.34. The van der Waals surface area contributed by atoms with Crippen LogP contribution in [0.15, 0.2) is 54.6 Å². The van der Waals surface area contributed by atoms with E-state index in [0.717, 1.165) is 11.1 Å². The summed E-state index contributed by atoms with van der Waals surface area (Å²) in [7, 11) is 0. The van der Waals surface area contributed by atoms with Crippen molar-refractivity contribution in [3.05, 3.63) is 70.7 Å². The van der Waals surface area contributed by atoms with Gasteiger partial charge in [0.1, 0.15) is 0 Å². The monoisotopic (exact) mass is 274 g/mol. The summed E-state index contributed by atoms with van der Waals surface area (Å²) in [5.74, 6) is -0.849. The number of benzene rings is 2. The van der Waals surface area contributed by atoms with Crippen molar-refractivity contribution in [2.75, 3.05) is 0 Å². The van der Waals surface area contributed by atoms with Crippen molar-refractivity contribution in [3.8, 4) is 0 Å². The number of hydrogen-bond acceptors (Lipinski definition) is 1. The number of hydrogen-bond donors (Lipinski definition) is 1. The molecule has 0 heterocycles. The Hall–Kier alpha value is -1.80. The average Bonchev–Trinajstić information content (AvgIpc) is 2.39. The lowest BCUT2D eigenvalue weighted by molar-refractivity contribution is -0.143. The number of aliphatic carboxylic acids is 1. The van der Waals surface area contributed by atoms with E-state index >= 15 is 0 Å². The van der Waals surface area contributed by atoms with Crippen LogP contribution in [0.25, 0.3) is 0 Å². The number of carbonyl (C=O) groups is 1. The minimum absolute atomic E-state index is 0.434. The van der Waals surface area contributed by atoms with Crippen LogP contribution in [0.5, 0.6) is 0 Å². The van der Waals surface area contributed by atoms with Crippen LogP contribution in [0.3, 0.4) is 0 Å². The van der Waals surface area contributed by atoms with E-state index in [2.05, 4.69) is 0 Å². The predicted octanol–water partition coefficient (Wildman–Crippen LogP) is 3.93. The molecule has 2 aromatic rings. The molecule has 2 aromatic carbocycles. The van der Waals surface area contributed by atoms with Crippen molar-refractivity contribution in [3.63, 3.8) is 0 Å². The first-order valence-corrected chi connectivity index (χ1v) is 6.43. The van der Waals surface area contributed by atoms with E-state index < -0.39 is 11.4 Å². The zero-order valence-corrected chi connectivity index (χ0v) is 11.4. The minimum atomic E-state index is -0.980. The second-order valence-corrected chi connectivity index (χ2v) is 5.25. The van der Waals surface area contributed by atoms with Crippen LogP contribution in [-0.2, 0) is 16.6 Å². The summed E-state index contributed by atoms with van der Waals surface area (Å²) >= 11 is 5.97. The van der Waals surface area contributed by atoms with E-state index in [-0.39, 0.29) is 0 Å². The first kappa shape index (κ1) is 13.6. The summed E-state index contributed by atoms with van der Waals surface area (Å²) in [6.07, 6.45) is 0.434. The molecule has 2 rings (SSSR count). The third-order valence-corrected chi connectivity index (χ3v) is 3.57. The first-order valence-electron chi connectivity index (χ1n) is 6.06. The molecular weight excluding hydrogens is 260 g/mol.